The molecule has 0 radical (unpaired) electrons. The highest BCUT2D eigenvalue weighted by Gasteiger charge is 2.25. The molecule has 2 aromatic carbocycles. The largest absolute Gasteiger partial charge is 0.493 e. The van der Waals surface area contributed by atoms with Gasteiger partial charge in [-0.2, -0.15) is 4.98 Å². The van der Waals surface area contributed by atoms with Crippen LogP contribution in [0.3, 0.4) is 0 Å². The standard InChI is InChI=1S/C24H31N5O2/c1-4-31-20-13-16(6-8-19(20)30-3)14-29-11-9-17(10-12-29)21-15(2)5-7-18-22(21)23(25)28-24(26)27-18/h5-8,13,17H,4,9-12,14H2,1-3H3,(H4,25,26,27,28). The molecule has 7 nitrogen and oxygen atoms in total. The Labute approximate surface area is 183 Å². The van der Waals surface area contributed by atoms with Crippen LogP contribution in [0.2, 0.25) is 0 Å². The molecule has 4 rings (SSSR count). The van der Waals surface area contributed by atoms with E-state index in [2.05, 4.69) is 40.0 Å². The van der Waals surface area contributed by atoms with Crippen LogP contribution < -0.4 is 20.9 Å². The van der Waals surface area contributed by atoms with Gasteiger partial charge >= 0.3 is 0 Å². The van der Waals surface area contributed by atoms with Gasteiger partial charge in [-0.3, -0.25) is 4.90 Å². The zero-order valence-electron chi connectivity index (χ0n) is 18.5. The van der Waals surface area contributed by atoms with E-state index in [1.54, 1.807) is 7.11 Å². The molecule has 1 aliphatic heterocycles. The number of hydrogen-bond donors (Lipinski definition) is 2. The number of benzene rings is 2. The molecular weight excluding hydrogens is 390 g/mol. The Kier molecular flexibility index (Phi) is 6.13. The summed E-state index contributed by atoms with van der Waals surface area (Å²) >= 11 is 0. The number of likely N-dealkylation sites (tertiary alicyclic amines) is 1. The third-order valence-electron chi connectivity index (χ3n) is 6.10. The summed E-state index contributed by atoms with van der Waals surface area (Å²) in [6.07, 6.45) is 2.14. The Bertz CT molecular complexity index is 1080. The topological polar surface area (TPSA) is 99.5 Å². The van der Waals surface area contributed by atoms with E-state index in [0.29, 0.717) is 18.3 Å². The van der Waals surface area contributed by atoms with Crippen molar-refractivity contribution in [3.8, 4) is 11.5 Å². The molecule has 7 heteroatoms. The van der Waals surface area contributed by atoms with Gasteiger partial charge in [0, 0.05) is 11.9 Å². The Morgan fingerprint density at radius 2 is 1.84 bits per heavy atom. The summed E-state index contributed by atoms with van der Waals surface area (Å²) in [7, 11) is 1.67. The molecule has 0 unspecified atom stereocenters. The van der Waals surface area contributed by atoms with E-state index in [1.807, 2.05) is 19.1 Å². The van der Waals surface area contributed by atoms with Crippen molar-refractivity contribution in [1.82, 2.24) is 14.9 Å². The van der Waals surface area contributed by atoms with Gasteiger partial charge in [0.15, 0.2) is 11.5 Å². The zero-order valence-corrected chi connectivity index (χ0v) is 18.5. The summed E-state index contributed by atoms with van der Waals surface area (Å²) in [4.78, 5) is 11.1. The Hall–Kier alpha value is -3.06. The lowest BCUT2D eigenvalue weighted by Crippen LogP contribution is -2.32. The first-order valence-electron chi connectivity index (χ1n) is 10.8. The molecule has 0 spiro atoms. The predicted molar refractivity (Wildman–Crippen MR) is 125 cm³/mol. The van der Waals surface area contributed by atoms with E-state index in [1.165, 1.54) is 16.7 Å². The van der Waals surface area contributed by atoms with Gasteiger partial charge in [-0.05, 0) is 80.6 Å². The second-order valence-corrected chi connectivity index (χ2v) is 8.13. The minimum absolute atomic E-state index is 0.223. The minimum atomic E-state index is 0.223. The lowest BCUT2D eigenvalue weighted by Gasteiger charge is -2.33. The monoisotopic (exact) mass is 421 g/mol. The molecule has 1 saturated heterocycles. The molecule has 2 heterocycles. The number of nitrogens with two attached hydrogens (primary N) is 2. The number of fused-ring (bicyclic) bond motifs is 1. The molecule has 3 aromatic rings. The molecule has 31 heavy (non-hydrogen) atoms. The van der Waals surface area contributed by atoms with Gasteiger partial charge in [0.1, 0.15) is 5.82 Å². The highest BCUT2D eigenvalue weighted by molar-refractivity contribution is 5.93. The molecule has 4 N–H and O–H groups in total. The molecule has 1 fully saturated rings. The van der Waals surface area contributed by atoms with Crippen LogP contribution >= 0.6 is 0 Å². The van der Waals surface area contributed by atoms with E-state index in [-0.39, 0.29) is 5.95 Å². The van der Waals surface area contributed by atoms with Gasteiger partial charge in [0.05, 0.1) is 19.2 Å². The number of nitrogen functional groups attached to an aromatic ring is 2. The summed E-state index contributed by atoms with van der Waals surface area (Å²) in [6, 6.07) is 10.3. The summed E-state index contributed by atoms with van der Waals surface area (Å²) in [5, 5.41) is 0.962. The first-order chi connectivity index (χ1) is 15.0. The highest BCUT2D eigenvalue weighted by atomic mass is 16.5. The van der Waals surface area contributed by atoms with E-state index in [9.17, 15) is 0 Å². The van der Waals surface area contributed by atoms with Gasteiger partial charge in [-0.25, -0.2) is 4.98 Å². The lowest BCUT2D eigenvalue weighted by atomic mass is 9.84. The van der Waals surface area contributed by atoms with E-state index < -0.39 is 0 Å². The van der Waals surface area contributed by atoms with Crippen LogP contribution in [0.1, 0.15) is 42.4 Å². The molecule has 164 valence electrons. The number of aryl methyl sites for hydroxylation is 1. The summed E-state index contributed by atoms with van der Waals surface area (Å²) in [6.45, 7) is 7.68. The second-order valence-electron chi connectivity index (χ2n) is 8.13. The third-order valence-corrected chi connectivity index (χ3v) is 6.10. The highest BCUT2D eigenvalue weighted by Crippen LogP contribution is 2.37. The molecule has 0 bridgehead atoms. The Morgan fingerprint density at radius 1 is 1.06 bits per heavy atom. The molecular formula is C24H31N5O2. The minimum Gasteiger partial charge on any atom is -0.493 e. The van der Waals surface area contributed by atoms with Crippen molar-refractivity contribution in [1.29, 1.82) is 0 Å². The number of aromatic nitrogens is 2. The van der Waals surface area contributed by atoms with Crippen LogP contribution in [0.25, 0.3) is 10.9 Å². The number of nitrogens with zero attached hydrogens (tertiary/aromatic N) is 3. The van der Waals surface area contributed by atoms with Crippen molar-refractivity contribution in [3.05, 3.63) is 47.0 Å². The van der Waals surface area contributed by atoms with E-state index in [0.717, 1.165) is 54.9 Å². The van der Waals surface area contributed by atoms with Crippen LogP contribution in [-0.2, 0) is 6.54 Å². The van der Waals surface area contributed by atoms with E-state index >= 15 is 0 Å². The molecule has 1 aliphatic rings. The van der Waals surface area contributed by atoms with Crippen molar-refractivity contribution < 1.29 is 9.47 Å². The Morgan fingerprint density at radius 3 is 2.55 bits per heavy atom. The maximum atomic E-state index is 6.26. The first-order valence-corrected chi connectivity index (χ1v) is 10.8. The first kappa shape index (κ1) is 21.2. The number of methoxy groups -OCH3 is 1. The third kappa shape index (κ3) is 4.37. The van der Waals surface area contributed by atoms with Gasteiger partial charge in [-0.15, -0.1) is 0 Å². The van der Waals surface area contributed by atoms with Crippen molar-refractivity contribution in [2.24, 2.45) is 0 Å². The predicted octanol–water partition coefficient (Wildman–Crippen LogP) is 3.89. The molecule has 1 aromatic heterocycles. The fourth-order valence-electron chi connectivity index (χ4n) is 4.65. The van der Waals surface area contributed by atoms with E-state index in [4.69, 9.17) is 20.9 Å². The maximum absolute atomic E-state index is 6.26. The van der Waals surface area contributed by atoms with Crippen LogP contribution in [0.15, 0.2) is 30.3 Å². The van der Waals surface area contributed by atoms with Gasteiger partial charge in [-0.1, -0.05) is 12.1 Å². The molecule has 0 aliphatic carbocycles. The van der Waals surface area contributed by atoms with Crippen molar-refractivity contribution in [2.45, 2.75) is 39.2 Å². The van der Waals surface area contributed by atoms with Gasteiger partial charge in [0.2, 0.25) is 5.95 Å². The quantitative estimate of drug-likeness (QED) is 0.623. The SMILES string of the molecule is CCOc1cc(CN2CCC(c3c(C)ccc4nc(N)nc(N)c34)CC2)ccc1OC. The normalized spacial score (nSPS) is 15.3. The van der Waals surface area contributed by atoms with Crippen LogP contribution in [-0.4, -0.2) is 41.7 Å². The number of anilines is 2. The van der Waals surface area contributed by atoms with Gasteiger partial charge in [0.25, 0.3) is 0 Å². The van der Waals surface area contributed by atoms with Crippen molar-refractivity contribution in [3.63, 3.8) is 0 Å². The fourth-order valence-corrected chi connectivity index (χ4v) is 4.65. The summed E-state index contributed by atoms with van der Waals surface area (Å²) in [5.74, 6) is 2.71. The van der Waals surface area contributed by atoms with Crippen molar-refractivity contribution in [2.75, 3.05) is 38.3 Å². The van der Waals surface area contributed by atoms with Crippen LogP contribution in [0.5, 0.6) is 11.5 Å². The van der Waals surface area contributed by atoms with Crippen molar-refractivity contribution >= 4 is 22.7 Å². The number of rotatable bonds is 6. The summed E-state index contributed by atoms with van der Waals surface area (Å²) in [5.41, 5.74) is 16.6. The maximum Gasteiger partial charge on any atom is 0.222 e. The lowest BCUT2D eigenvalue weighted by molar-refractivity contribution is 0.204. The zero-order chi connectivity index (χ0) is 22.0. The fraction of sp³-hybridized carbons (Fsp3) is 0.417. The molecule has 0 atom stereocenters. The number of ether oxygens (including phenoxy) is 2. The summed E-state index contributed by atoms with van der Waals surface area (Å²) < 4.78 is 11.1. The number of hydrogen-bond acceptors (Lipinski definition) is 7. The Balaban J connectivity index is 1.50. The van der Waals surface area contributed by atoms with Gasteiger partial charge < -0.3 is 20.9 Å². The molecule has 0 amide bonds. The second kappa shape index (κ2) is 8.98. The average molecular weight is 422 g/mol. The van der Waals surface area contributed by atoms with Crippen LogP contribution in [0, 0.1) is 6.92 Å². The number of piperidine rings is 1. The smallest absolute Gasteiger partial charge is 0.222 e. The average Bonchev–Trinajstić information content (AvgIpc) is 2.75. The van der Waals surface area contributed by atoms with Crippen LogP contribution in [0.4, 0.5) is 11.8 Å². The molecule has 0 saturated carbocycles.